The summed E-state index contributed by atoms with van der Waals surface area (Å²) in [6, 6.07) is 0. The predicted octanol–water partition coefficient (Wildman–Crippen LogP) is 2.59. The number of aliphatic hydroxyl groups is 1. The first-order chi connectivity index (χ1) is 10.5. The Morgan fingerprint density at radius 1 is 1.26 bits per heavy atom. The summed E-state index contributed by atoms with van der Waals surface area (Å²) in [7, 11) is 1.86. The molecule has 0 aromatic heterocycles. The minimum Gasteiger partial charge on any atom is -0.444 e. The van der Waals surface area contributed by atoms with E-state index in [4.69, 9.17) is 5.73 Å². The SMILES string of the molecule is CC(C)(C)OC(N)=O.CSCN(C)C(=O)CC1CCC(O)CC1. The van der Waals surface area contributed by atoms with Crippen molar-refractivity contribution in [1.82, 2.24) is 4.90 Å². The lowest BCUT2D eigenvalue weighted by Gasteiger charge is -2.26. The summed E-state index contributed by atoms with van der Waals surface area (Å²) in [4.78, 5) is 23.5. The molecule has 0 saturated heterocycles. The minimum atomic E-state index is -0.725. The molecule has 0 atom stereocenters. The molecule has 0 unspecified atom stereocenters. The first-order valence-electron chi connectivity index (χ1n) is 7.94. The summed E-state index contributed by atoms with van der Waals surface area (Å²) >= 11 is 1.67. The van der Waals surface area contributed by atoms with E-state index in [2.05, 4.69) is 4.74 Å². The fourth-order valence-electron chi connectivity index (χ4n) is 2.32. The van der Waals surface area contributed by atoms with Gasteiger partial charge < -0.3 is 20.5 Å². The highest BCUT2D eigenvalue weighted by Gasteiger charge is 2.22. The van der Waals surface area contributed by atoms with Crippen molar-refractivity contribution in [3.63, 3.8) is 0 Å². The highest BCUT2D eigenvalue weighted by molar-refractivity contribution is 7.98. The first-order valence-corrected chi connectivity index (χ1v) is 9.34. The maximum absolute atomic E-state index is 11.7. The molecule has 0 radical (unpaired) electrons. The standard InChI is InChI=1S/C11H21NO2S.C5H11NO2/c1-12(8-15-2)11(14)7-9-3-5-10(13)6-4-9;1-5(2,3)8-4(6)7/h9-10,13H,3-8H2,1-2H3;1-3H3,(H2,6,7). The van der Waals surface area contributed by atoms with Gasteiger partial charge in [0.1, 0.15) is 5.60 Å². The topological polar surface area (TPSA) is 92.9 Å². The summed E-state index contributed by atoms with van der Waals surface area (Å²) in [6.07, 6.45) is 5.54. The van der Waals surface area contributed by atoms with E-state index in [-0.39, 0.29) is 12.0 Å². The Labute approximate surface area is 144 Å². The summed E-state index contributed by atoms with van der Waals surface area (Å²) in [5.41, 5.74) is 4.26. The number of amides is 2. The molecular formula is C16H32N2O4S. The van der Waals surface area contributed by atoms with Gasteiger partial charge in [-0.25, -0.2) is 4.79 Å². The van der Waals surface area contributed by atoms with Gasteiger partial charge in [-0.1, -0.05) is 0 Å². The Bertz CT molecular complexity index is 364. The van der Waals surface area contributed by atoms with E-state index < -0.39 is 11.7 Å². The number of nitrogens with zero attached hydrogens (tertiary/aromatic N) is 1. The molecule has 1 aliphatic carbocycles. The molecule has 0 aromatic rings. The van der Waals surface area contributed by atoms with Crippen LogP contribution in [0, 0.1) is 5.92 Å². The normalized spacial score (nSPS) is 21.0. The fraction of sp³-hybridized carbons (Fsp3) is 0.875. The van der Waals surface area contributed by atoms with Crippen molar-refractivity contribution in [3.05, 3.63) is 0 Å². The molecule has 136 valence electrons. The fourth-order valence-corrected chi connectivity index (χ4v) is 2.85. The van der Waals surface area contributed by atoms with Crippen LogP contribution < -0.4 is 5.73 Å². The molecule has 1 saturated carbocycles. The van der Waals surface area contributed by atoms with E-state index in [9.17, 15) is 14.7 Å². The third-order valence-electron chi connectivity index (χ3n) is 3.43. The van der Waals surface area contributed by atoms with Crippen LogP contribution in [0.15, 0.2) is 0 Å². The van der Waals surface area contributed by atoms with Crippen molar-refractivity contribution >= 4 is 23.8 Å². The quantitative estimate of drug-likeness (QED) is 0.762. The number of thioether (sulfide) groups is 1. The molecule has 23 heavy (non-hydrogen) atoms. The molecule has 1 rings (SSSR count). The van der Waals surface area contributed by atoms with Crippen LogP contribution in [0.3, 0.4) is 0 Å². The average Bonchev–Trinajstić information content (AvgIpc) is 2.39. The van der Waals surface area contributed by atoms with Crippen LogP contribution in [-0.2, 0) is 9.53 Å². The number of hydrogen-bond acceptors (Lipinski definition) is 5. The zero-order valence-corrected chi connectivity index (χ0v) is 15.8. The van der Waals surface area contributed by atoms with E-state index in [0.717, 1.165) is 31.6 Å². The molecule has 0 aliphatic heterocycles. The molecular weight excluding hydrogens is 316 g/mol. The van der Waals surface area contributed by atoms with Gasteiger partial charge in [-0.15, -0.1) is 11.8 Å². The van der Waals surface area contributed by atoms with E-state index in [1.165, 1.54) is 0 Å². The predicted molar refractivity (Wildman–Crippen MR) is 94.2 cm³/mol. The highest BCUT2D eigenvalue weighted by atomic mass is 32.2. The van der Waals surface area contributed by atoms with Crippen molar-refractivity contribution in [2.45, 2.75) is 64.6 Å². The summed E-state index contributed by atoms with van der Waals surface area (Å²) in [5, 5.41) is 9.36. The summed E-state index contributed by atoms with van der Waals surface area (Å²) in [6.45, 7) is 5.28. The number of carbonyl (C=O) groups is 2. The van der Waals surface area contributed by atoms with Crippen LogP contribution in [0.25, 0.3) is 0 Å². The van der Waals surface area contributed by atoms with Crippen LogP contribution in [0.2, 0.25) is 0 Å². The van der Waals surface area contributed by atoms with Crippen LogP contribution in [0.1, 0.15) is 52.9 Å². The van der Waals surface area contributed by atoms with Gasteiger partial charge in [0.2, 0.25) is 5.91 Å². The molecule has 7 heteroatoms. The van der Waals surface area contributed by atoms with Gasteiger partial charge in [0, 0.05) is 13.5 Å². The molecule has 1 fully saturated rings. The van der Waals surface area contributed by atoms with Gasteiger partial charge in [0.15, 0.2) is 0 Å². The second kappa shape index (κ2) is 10.8. The van der Waals surface area contributed by atoms with Gasteiger partial charge in [0.05, 0.1) is 12.0 Å². The monoisotopic (exact) mass is 348 g/mol. The Kier molecular flexibility index (Phi) is 10.3. The van der Waals surface area contributed by atoms with E-state index in [0.29, 0.717) is 12.3 Å². The van der Waals surface area contributed by atoms with E-state index >= 15 is 0 Å². The Hall–Kier alpha value is -0.950. The lowest BCUT2D eigenvalue weighted by atomic mass is 9.85. The van der Waals surface area contributed by atoms with Crippen LogP contribution in [-0.4, -0.2) is 52.9 Å². The van der Waals surface area contributed by atoms with Gasteiger partial charge in [-0.3, -0.25) is 4.79 Å². The van der Waals surface area contributed by atoms with Crippen LogP contribution in [0.5, 0.6) is 0 Å². The van der Waals surface area contributed by atoms with E-state index in [1.807, 2.05) is 13.3 Å². The zero-order chi connectivity index (χ0) is 18.0. The number of aliphatic hydroxyl groups excluding tert-OH is 1. The third-order valence-corrected chi connectivity index (χ3v) is 4.08. The lowest BCUT2D eigenvalue weighted by molar-refractivity contribution is -0.130. The van der Waals surface area contributed by atoms with Crippen molar-refractivity contribution in [3.8, 4) is 0 Å². The number of nitrogens with two attached hydrogens (primary N) is 1. The Morgan fingerprint density at radius 3 is 2.13 bits per heavy atom. The Balaban J connectivity index is 0.000000515. The van der Waals surface area contributed by atoms with Crippen molar-refractivity contribution in [1.29, 1.82) is 0 Å². The lowest BCUT2D eigenvalue weighted by Crippen LogP contribution is -2.29. The third kappa shape index (κ3) is 12.2. The van der Waals surface area contributed by atoms with Crippen molar-refractivity contribution in [2.75, 3.05) is 19.2 Å². The first kappa shape index (κ1) is 22.1. The average molecular weight is 349 g/mol. The zero-order valence-electron chi connectivity index (χ0n) is 15.0. The van der Waals surface area contributed by atoms with Crippen LogP contribution in [0.4, 0.5) is 4.79 Å². The molecule has 6 nitrogen and oxygen atoms in total. The highest BCUT2D eigenvalue weighted by Crippen LogP contribution is 2.27. The van der Waals surface area contributed by atoms with Crippen LogP contribution >= 0.6 is 11.8 Å². The van der Waals surface area contributed by atoms with Gasteiger partial charge >= 0.3 is 6.09 Å². The largest absolute Gasteiger partial charge is 0.444 e. The summed E-state index contributed by atoms with van der Waals surface area (Å²) in [5.74, 6) is 1.50. The Morgan fingerprint density at radius 2 is 1.78 bits per heavy atom. The second-order valence-corrected chi connectivity index (χ2v) is 7.76. The van der Waals surface area contributed by atoms with Crippen molar-refractivity contribution < 1.29 is 19.4 Å². The molecule has 0 bridgehead atoms. The smallest absolute Gasteiger partial charge is 0.405 e. The number of hydrogen-bond donors (Lipinski definition) is 2. The summed E-state index contributed by atoms with van der Waals surface area (Å²) < 4.78 is 4.58. The number of ether oxygens (including phenoxy) is 1. The molecule has 0 heterocycles. The number of rotatable bonds is 4. The van der Waals surface area contributed by atoms with Crippen molar-refractivity contribution in [2.24, 2.45) is 11.7 Å². The number of primary amides is 1. The van der Waals surface area contributed by atoms with Gasteiger partial charge in [0.25, 0.3) is 0 Å². The molecule has 3 N–H and O–H groups in total. The van der Waals surface area contributed by atoms with E-state index in [1.54, 1.807) is 37.4 Å². The second-order valence-electron chi connectivity index (χ2n) is 6.92. The molecule has 0 spiro atoms. The molecule has 0 aromatic carbocycles. The van der Waals surface area contributed by atoms with Gasteiger partial charge in [-0.05, 0) is 58.6 Å². The van der Waals surface area contributed by atoms with Gasteiger partial charge in [-0.2, -0.15) is 0 Å². The minimum absolute atomic E-state index is 0.125. The maximum Gasteiger partial charge on any atom is 0.405 e. The molecule has 1 aliphatic rings. The molecule has 2 amide bonds. The maximum atomic E-state index is 11.7. The number of carbonyl (C=O) groups excluding carboxylic acids is 2.